The van der Waals surface area contributed by atoms with E-state index in [1.807, 2.05) is 30.3 Å². The van der Waals surface area contributed by atoms with Crippen LogP contribution in [0.5, 0.6) is 0 Å². The van der Waals surface area contributed by atoms with Crippen molar-refractivity contribution < 1.29 is 17.5 Å². The first-order valence-electron chi connectivity index (χ1n) is 8.59. The van der Waals surface area contributed by atoms with Gasteiger partial charge in [-0.25, -0.2) is 17.5 Å². The number of rotatable bonds is 6. The molecule has 0 saturated carbocycles. The van der Waals surface area contributed by atoms with Crippen LogP contribution >= 0.6 is 0 Å². The number of sulfonamides is 1. The highest BCUT2D eigenvalue weighted by molar-refractivity contribution is 7.89. The zero-order valence-corrected chi connectivity index (χ0v) is 15.5. The van der Waals surface area contributed by atoms with Gasteiger partial charge in [-0.2, -0.15) is 0 Å². The Hall–Kier alpha value is -1.80. The van der Waals surface area contributed by atoms with Crippen LogP contribution in [0.25, 0.3) is 0 Å². The van der Waals surface area contributed by atoms with Crippen molar-refractivity contribution in [3.8, 4) is 0 Å². The summed E-state index contributed by atoms with van der Waals surface area (Å²) in [6.07, 6.45) is 0. The van der Waals surface area contributed by atoms with Gasteiger partial charge in [-0.05, 0) is 36.2 Å². The number of nitrogens with one attached hydrogen (secondary N) is 1. The molecule has 0 amide bonds. The van der Waals surface area contributed by atoms with E-state index in [0.717, 1.165) is 18.7 Å². The van der Waals surface area contributed by atoms with Crippen molar-refractivity contribution in [2.24, 2.45) is 0 Å². The molecule has 1 aliphatic rings. The molecule has 1 heterocycles. The Morgan fingerprint density at radius 2 is 1.85 bits per heavy atom. The highest BCUT2D eigenvalue weighted by atomic mass is 32.2. The minimum atomic E-state index is -3.78. The number of nitrogens with zero attached hydrogens (tertiary/aromatic N) is 1. The van der Waals surface area contributed by atoms with Gasteiger partial charge in [-0.3, -0.25) is 4.90 Å². The third-order valence-electron chi connectivity index (χ3n) is 4.47. The van der Waals surface area contributed by atoms with Crippen molar-refractivity contribution in [2.45, 2.75) is 17.9 Å². The van der Waals surface area contributed by atoms with E-state index in [-0.39, 0.29) is 4.90 Å². The summed E-state index contributed by atoms with van der Waals surface area (Å²) in [5.74, 6) is -0.450. The van der Waals surface area contributed by atoms with Crippen LogP contribution in [0.3, 0.4) is 0 Å². The number of aryl methyl sites for hydroxylation is 1. The van der Waals surface area contributed by atoms with Gasteiger partial charge in [0.2, 0.25) is 10.0 Å². The summed E-state index contributed by atoms with van der Waals surface area (Å²) in [6.45, 7) is 4.96. The van der Waals surface area contributed by atoms with Crippen LogP contribution in [-0.4, -0.2) is 46.2 Å². The van der Waals surface area contributed by atoms with Gasteiger partial charge in [0.15, 0.2) is 0 Å². The van der Waals surface area contributed by atoms with E-state index in [1.165, 1.54) is 18.2 Å². The molecule has 2 aromatic rings. The van der Waals surface area contributed by atoms with E-state index >= 15 is 0 Å². The molecule has 26 heavy (non-hydrogen) atoms. The summed E-state index contributed by atoms with van der Waals surface area (Å²) >= 11 is 0. The van der Waals surface area contributed by atoms with Crippen LogP contribution in [0.4, 0.5) is 4.39 Å². The van der Waals surface area contributed by atoms with Crippen LogP contribution < -0.4 is 4.72 Å². The summed E-state index contributed by atoms with van der Waals surface area (Å²) in [5.41, 5.74) is 1.28. The first-order chi connectivity index (χ1) is 12.5. The summed E-state index contributed by atoms with van der Waals surface area (Å²) in [4.78, 5) is 2.28. The average Bonchev–Trinajstić information content (AvgIpc) is 2.62. The molecule has 2 aromatic carbocycles. The molecule has 3 rings (SSSR count). The number of morpholine rings is 1. The van der Waals surface area contributed by atoms with Crippen LogP contribution in [0.2, 0.25) is 0 Å². The lowest BCUT2D eigenvalue weighted by Gasteiger charge is -2.31. The van der Waals surface area contributed by atoms with Crippen molar-refractivity contribution >= 4 is 10.0 Å². The van der Waals surface area contributed by atoms with E-state index in [0.29, 0.717) is 25.3 Å². The predicted molar refractivity (Wildman–Crippen MR) is 97.9 cm³/mol. The topological polar surface area (TPSA) is 58.6 Å². The predicted octanol–water partition coefficient (Wildman–Crippen LogP) is 2.49. The molecule has 1 unspecified atom stereocenters. The number of halogens is 1. The number of hydrogen-bond donors (Lipinski definition) is 1. The molecule has 140 valence electrons. The van der Waals surface area contributed by atoms with Gasteiger partial charge in [0.1, 0.15) is 5.82 Å². The van der Waals surface area contributed by atoms with Crippen molar-refractivity contribution in [2.75, 3.05) is 32.8 Å². The van der Waals surface area contributed by atoms with Gasteiger partial charge >= 0.3 is 0 Å². The van der Waals surface area contributed by atoms with E-state index in [2.05, 4.69) is 9.62 Å². The number of hydrogen-bond acceptors (Lipinski definition) is 4. The Labute approximate surface area is 153 Å². The summed E-state index contributed by atoms with van der Waals surface area (Å²) < 4.78 is 47.3. The van der Waals surface area contributed by atoms with Gasteiger partial charge in [0.25, 0.3) is 0 Å². The van der Waals surface area contributed by atoms with E-state index in [1.54, 1.807) is 6.92 Å². The molecule has 0 spiro atoms. The van der Waals surface area contributed by atoms with Crippen molar-refractivity contribution in [3.05, 3.63) is 65.5 Å². The lowest BCUT2D eigenvalue weighted by Crippen LogP contribution is -2.43. The quantitative estimate of drug-likeness (QED) is 0.839. The third kappa shape index (κ3) is 4.67. The lowest BCUT2D eigenvalue weighted by atomic mass is 10.1. The largest absolute Gasteiger partial charge is 0.379 e. The maximum absolute atomic E-state index is 13.3. The molecule has 1 atom stereocenters. The monoisotopic (exact) mass is 378 g/mol. The van der Waals surface area contributed by atoms with E-state index in [9.17, 15) is 12.8 Å². The molecule has 1 fully saturated rings. The SMILES string of the molecule is Cc1cc(F)ccc1S(=O)(=O)NC(CN1CCOCC1)c1ccccc1. The maximum Gasteiger partial charge on any atom is 0.241 e. The van der Waals surface area contributed by atoms with Gasteiger partial charge in [0, 0.05) is 19.6 Å². The first-order valence-corrected chi connectivity index (χ1v) is 10.1. The second-order valence-electron chi connectivity index (χ2n) is 6.41. The van der Waals surface area contributed by atoms with Crippen LogP contribution in [-0.2, 0) is 14.8 Å². The zero-order valence-electron chi connectivity index (χ0n) is 14.7. The minimum absolute atomic E-state index is 0.0989. The lowest BCUT2D eigenvalue weighted by molar-refractivity contribution is 0.0345. The van der Waals surface area contributed by atoms with Crippen molar-refractivity contribution in [1.29, 1.82) is 0 Å². The molecule has 0 aliphatic carbocycles. The second kappa shape index (κ2) is 8.26. The molecular formula is C19H23FN2O3S. The maximum atomic E-state index is 13.3. The molecule has 1 N–H and O–H groups in total. The van der Waals surface area contributed by atoms with Crippen LogP contribution in [0.1, 0.15) is 17.2 Å². The van der Waals surface area contributed by atoms with Crippen molar-refractivity contribution in [1.82, 2.24) is 9.62 Å². The summed E-state index contributed by atoms with van der Waals surface area (Å²) in [6, 6.07) is 12.8. The molecule has 0 radical (unpaired) electrons. The Morgan fingerprint density at radius 1 is 1.15 bits per heavy atom. The fourth-order valence-corrected chi connectivity index (χ4v) is 4.55. The normalized spacial score (nSPS) is 17.2. The minimum Gasteiger partial charge on any atom is -0.379 e. The van der Waals surface area contributed by atoms with E-state index < -0.39 is 21.9 Å². The smallest absolute Gasteiger partial charge is 0.241 e. The standard InChI is InChI=1S/C19H23FN2O3S/c1-15-13-17(20)7-8-19(15)26(23,24)21-18(16-5-3-2-4-6-16)14-22-9-11-25-12-10-22/h2-8,13,18,21H,9-12,14H2,1H3. The van der Waals surface area contributed by atoms with Crippen LogP contribution in [0, 0.1) is 12.7 Å². The van der Waals surface area contributed by atoms with Crippen LogP contribution in [0.15, 0.2) is 53.4 Å². The summed E-state index contributed by atoms with van der Waals surface area (Å²) in [7, 11) is -3.78. The summed E-state index contributed by atoms with van der Waals surface area (Å²) in [5, 5.41) is 0. The highest BCUT2D eigenvalue weighted by Crippen LogP contribution is 2.21. The Bertz CT molecular complexity index is 837. The average molecular weight is 378 g/mol. The Morgan fingerprint density at radius 3 is 2.50 bits per heavy atom. The van der Waals surface area contributed by atoms with E-state index in [4.69, 9.17) is 4.74 Å². The molecule has 7 heteroatoms. The highest BCUT2D eigenvalue weighted by Gasteiger charge is 2.25. The first kappa shape index (κ1) is 19.0. The van der Waals surface area contributed by atoms with Gasteiger partial charge in [0.05, 0.1) is 24.2 Å². The molecule has 1 aliphatic heterocycles. The van der Waals surface area contributed by atoms with Crippen molar-refractivity contribution in [3.63, 3.8) is 0 Å². The number of benzene rings is 2. The fourth-order valence-electron chi connectivity index (χ4n) is 3.10. The van der Waals surface area contributed by atoms with Gasteiger partial charge in [-0.1, -0.05) is 30.3 Å². The molecule has 0 bridgehead atoms. The van der Waals surface area contributed by atoms with Gasteiger partial charge in [-0.15, -0.1) is 0 Å². The van der Waals surface area contributed by atoms with Gasteiger partial charge < -0.3 is 4.74 Å². The molecule has 0 aromatic heterocycles. The Balaban J connectivity index is 1.86. The number of ether oxygens (including phenoxy) is 1. The fraction of sp³-hybridized carbons (Fsp3) is 0.368. The Kier molecular flexibility index (Phi) is 6.03. The zero-order chi connectivity index (χ0) is 18.6. The molecular weight excluding hydrogens is 355 g/mol. The third-order valence-corrected chi connectivity index (χ3v) is 6.10. The molecule has 5 nitrogen and oxygen atoms in total. The molecule has 1 saturated heterocycles. The second-order valence-corrected chi connectivity index (χ2v) is 8.09.